The molecule has 0 aliphatic carbocycles. The highest BCUT2D eigenvalue weighted by Crippen LogP contribution is 2.26. The van der Waals surface area contributed by atoms with Crippen molar-refractivity contribution in [1.82, 2.24) is 0 Å². The predicted octanol–water partition coefficient (Wildman–Crippen LogP) is 3.63. The zero-order valence-electron chi connectivity index (χ0n) is 11.3. The van der Waals surface area contributed by atoms with Gasteiger partial charge in [0.2, 0.25) is 0 Å². The van der Waals surface area contributed by atoms with Crippen LogP contribution in [-0.4, -0.2) is 25.0 Å². The van der Waals surface area contributed by atoms with Gasteiger partial charge in [0.05, 0.1) is 6.61 Å². The monoisotopic (exact) mass is 313 g/mol. The number of anilines is 1. The summed E-state index contributed by atoms with van der Waals surface area (Å²) in [5.74, 6) is -0.447. The van der Waals surface area contributed by atoms with Crippen LogP contribution in [0.15, 0.2) is 16.6 Å². The van der Waals surface area contributed by atoms with Crippen LogP contribution in [0.5, 0.6) is 0 Å². The summed E-state index contributed by atoms with van der Waals surface area (Å²) in [6.07, 6.45) is 0.115. The quantitative estimate of drug-likeness (QED) is 0.924. The summed E-state index contributed by atoms with van der Waals surface area (Å²) in [7, 11) is 0. The van der Waals surface area contributed by atoms with Crippen molar-refractivity contribution in [1.29, 1.82) is 0 Å². The maximum atomic E-state index is 5.76. The molecule has 0 aromatic heterocycles. The summed E-state index contributed by atoms with van der Waals surface area (Å²) in [6.45, 7) is 9.50. The average molecular weight is 314 g/mol. The maximum Gasteiger partial charge on any atom is 0.163 e. The third kappa shape index (κ3) is 3.25. The Morgan fingerprint density at radius 3 is 2.44 bits per heavy atom. The minimum Gasteiger partial charge on any atom is -0.382 e. The van der Waals surface area contributed by atoms with E-state index in [1.807, 2.05) is 13.8 Å². The summed E-state index contributed by atoms with van der Waals surface area (Å²) in [6, 6.07) is 4.27. The van der Waals surface area contributed by atoms with E-state index >= 15 is 0 Å². The number of aryl methyl sites for hydroxylation is 2. The molecule has 0 radical (unpaired) electrons. The fourth-order valence-corrected chi connectivity index (χ4v) is 2.37. The number of ether oxygens (including phenoxy) is 2. The molecule has 18 heavy (non-hydrogen) atoms. The fourth-order valence-electron chi connectivity index (χ4n) is 2.14. The highest BCUT2D eigenvalue weighted by Gasteiger charge is 2.32. The smallest absolute Gasteiger partial charge is 0.163 e. The van der Waals surface area contributed by atoms with Gasteiger partial charge in [0.25, 0.3) is 0 Å². The molecule has 0 spiro atoms. The van der Waals surface area contributed by atoms with E-state index in [1.54, 1.807) is 0 Å². The Hall–Kier alpha value is -0.580. The van der Waals surface area contributed by atoms with Crippen molar-refractivity contribution < 1.29 is 9.47 Å². The number of hydrogen-bond acceptors (Lipinski definition) is 3. The van der Waals surface area contributed by atoms with Gasteiger partial charge in [-0.1, -0.05) is 15.9 Å². The molecule has 1 atom stereocenters. The second kappa shape index (κ2) is 5.19. The molecule has 1 aliphatic heterocycles. The van der Waals surface area contributed by atoms with Gasteiger partial charge in [0, 0.05) is 16.7 Å². The molecular weight excluding hydrogens is 294 g/mol. The highest BCUT2D eigenvalue weighted by atomic mass is 79.9. The summed E-state index contributed by atoms with van der Waals surface area (Å²) in [4.78, 5) is 0. The van der Waals surface area contributed by atoms with E-state index in [0.717, 1.165) is 12.2 Å². The minimum atomic E-state index is -0.447. The van der Waals surface area contributed by atoms with Crippen molar-refractivity contribution in [3.8, 4) is 0 Å². The lowest BCUT2D eigenvalue weighted by Gasteiger charge is -2.18. The number of rotatable bonds is 3. The number of halogens is 1. The lowest BCUT2D eigenvalue weighted by molar-refractivity contribution is -0.136. The number of hydrogen-bond donors (Lipinski definition) is 1. The molecule has 3 nitrogen and oxygen atoms in total. The average Bonchev–Trinajstić information content (AvgIpc) is 2.63. The second-order valence-electron chi connectivity index (χ2n) is 5.26. The van der Waals surface area contributed by atoms with Gasteiger partial charge in [-0.05, 0) is 51.0 Å². The number of nitrogens with one attached hydrogen (secondary N) is 1. The molecule has 4 heteroatoms. The van der Waals surface area contributed by atoms with Crippen LogP contribution in [0.3, 0.4) is 0 Å². The molecule has 0 bridgehead atoms. The Balaban J connectivity index is 1.95. The van der Waals surface area contributed by atoms with E-state index in [0.29, 0.717) is 6.61 Å². The van der Waals surface area contributed by atoms with Crippen molar-refractivity contribution >= 4 is 21.6 Å². The zero-order valence-corrected chi connectivity index (χ0v) is 12.9. The van der Waals surface area contributed by atoms with Crippen molar-refractivity contribution in [2.45, 2.75) is 39.6 Å². The molecule has 1 aliphatic rings. The van der Waals surface area contributed by atoms with Crippen LogP contribution >= 0.6 is 15.9 Å². The minimum absolute atomic E-state index is 0.115. The first kappa shape index (κ1) is 13.8. The number of benzene rings is 1. The molecule has 1 aromatic rings. The molecule has 2 rings (SSSR count). The van der Waals surface area contributed by atoms with Crippen LogP contribution in [0.4, 0.5) is 5.69 Å². The van der Waals surface area contributed by atoms with Crippen molar-refractivity contribution in [3.05, 3.63) is 27.7 Å². The normalized spacial score (nSPS) is 22.2. The van der Waals surface area contributed by atoms with Crippen LogP contribution in [0.1, 0.15) is 25.0 Å². The Labute approximate surface area is 117 Å². The van der Waals surface area contributed by atoms with Gasteiger partial charge in [0.15, 0.2) is 5.79 Å². The Kier molecular flexibility index (Phi) is 3.99. The topological polar surface area (TPSA) is 30.5 Å². The van der Waals surface area contributed by atoms with E-state index in [9.17, 15) is 0 Å². The lowest BCUT2D eigenvalue weighted by Crippen LogP contribution is -2.26. The summed E-state index contributed by atoms with van der Waals surface area (Å²) >= 11 is 3.57. The zero-order chi connectivity index (χ0) is 13.3. The highest BCUT2D eigenvalue weighted by molar-refractivity contribution is 9.10. The van der Waals surface area contributed by atoms with E-state index in [1.165, 1.54) is 15.6 Å². The third-order valence-electron chi connectivity index (χ3n) is 3.04. The molecule has 0 saturated carbocycles. The van der Waals surface area contributed by atoms with Gasteiger partial charge < -0.3 is 14.8 Å². The van der Waals surface area contributed by atoms with Crippen LogP contribution in [0, 0.1) is 13.8 Å². The second-order valence-corrected chi connectivity index (χ2v) is 6.05. The Bertz CT molecular complexity index is 422. The summed E-state index contributed by atoms with van der Waals surface area (Å²) < 4.78 is 12.5. The van der Waals surface area contributed by atoms with E-state index in [2.05, 4.69) is 47.2 Å². The third-order valence-corrected chi connectivity index (χ3v) is 4.29. The van der Waals surface area contributed by atoms with E-state index in [4.69, 9.17) is 9.47 Å². The van der Waals surface area contributed by atoms with Crippen molar-refractivity contribution in [3.63, 3.8) is 0 Å². The predicted molar refractivity (Wildman–Crippen MR) is 77.0 cm³/mol. The van der Waals surface area contributed by atoms with Crippen LogP contribution in [0.2, 0.25) is 0 Å². The SMILES string of the molecule is Cc1cc(NCC2COC(C)(C)O2)cc(C)c1Br. The van der Waals surface area contributed by atoms with Crippen LogP contribution in [-0.2, 0) is 9.47 Å². The molecule has 1 aromatic carbocycles. The van der Waals surface area contributed by atoms with Gasteiger partial charge in [-0.15, -0.1) is 0 Å². The van der Waals surface area contributed by atoms with Gasteiger partial charge in [-0.2, -0.15) is 0 Å². The van der Waals surface area contributed by atoms with Crippen LogP contribution < -0.4 is 5.32 Å². The van der Waals surface area contributed by atoms with E-state index in [-0.39, 0.29) is 6.10 Å². The molecule has 100 valence electrons. The van der Waals surface area contributed by atoms with Crippen LogP contribution in [0.25, 0.3) is 0 Å². The molecule has 1 fully saturated rings. The Morgan fingerprint density at radius 1 is 1.33 bits per heavy atom. The van der Waals surface area contributed by atoms with Gasteiger partial charge in [-0.25, -0.2) is 0 Å². The molecule has 0 amide bonds. The van der Waals surface area contributed by atoms with Gasteiger partial charge >= 0.3 is 0 Å². The molecule has 1 N–H and O–H groups in total. The largest absolute Gasteiger partial charge is 0.382 e. The fraction of sp³-hybridized carbons (Fsp3) is 0.571. The summed E-state index contributed by atoms with van der Waals surface area (Å²) in [5, 5.41) is 3.41. The van der Waals surface area contributed by atoms with Crippen molar-refractivity contribution in [2.75, 3.05) is 18.5 Å². The standard InChI is InChI=1S/C14H20BrNO2/c1-9-5-11(6-10(2)13(9)15)16-7-12-8-17-14(3,4)18-12/h5-6,12,16H,7-8H2,1-4H3. The lowest BCUT2D eigenvalue weighted by atomic mass is 10.1. The van der Waals surface area contributed by atoms with Crippen molar-refractivity contribution in [2.24, 2.45) is 0 Å². The first-order chi connectivity index (χ1) is 8.37. The molecule has 1 unspecified atom stereocenters. The van der Waals surface area contributed by atoms with Gasteiger partial charge in [-0.3, -0.25) is 0 Å². The molecule has 1 heterocycles. The first-order valence-electron chi connectivity index (χ1n) is 6.20. The summed E-state index contributed by atoms with van der Waals surface area (Å²) in [5.41, 5.74) is 3.60. The molecule has 1 saturated heterocycles. The Morgan fingerprint density at radius 2 is 1.94 bits per heavy atom. The maximum absolute atomic E-state index is 5.76. The van der Waals surface area contributed by atoms with Gasteiger partial charge in [0.1, 0.15) is 6.10 Å². The first-order valence-corrected chi connectivity index (χ1v) is 6.99. The van der Waals surface area contributed by atoms with E-state index < -0.39 is 5.79 Å². The molecular formula is C14H20BrNO2.